The Morgan fingerprint density at radius 2 is 2.43 bits per heavy atom. The molecule has 4 nitrogen and oxygen atoms in total. The van der Waals surface area contributed by atoms with E-state index in [2.05, 4.69) is 27.7 Å². The van der Waals surface area contributed by atoms with Crippen molar-refractivity contribution in [3.63, 3.8) is 0 Å². The van der Waals surface area contributed by atoms with Crippen LogP contribution in [0.15, 0.2) is 40.5 Å². The zero-order chi connectivity index (χ0) is 14.5. The second-order valence-corrected chi connectivity index (χ2v) is 6.58. The van der Waals surface area contributed by atoms with Gasteiger partial charge in [0, 0.05) is 24.5 Å². The molecule has 2 aromatic heterocycles. The first-order chi connectivity index (χ1) is 10.3. The van der Waals surface area contributed by atoms with Crippen molar-refractivity contribution in [1.82, 2.24) is 10.2 Å². The molecule has 1 atom stereocenters. The van der Waals surface area contributed by atoms with Gasteiger partial charge in [-0.05, 0) is 42.8 Å². The molecule has 21 heavy (non-hydrogen) atoms. The lowest BCUT2D eigenvalue weighted by Gasteiger charge is -2.32. The number of nitrogens with zero attached hydrogens (tertiary/aromatic N) is 1. The molecule has 5 heteroatoms. The average molecular weight is 304 g/mol. The summed E-state index contributed by atoms with van der Waals surface area (Å²) in [4.78, 5) is 15.8. The number of thiophene rings is 1. The van der Waals surface area contributed by atoms with Gasteiger partial charge in [-0.3, -0.25) is 9.69 Å². The van der Waals surface area contributed by atoms with Gasteiger partial charge >= 0.3 is 0 Å². The predicted octanol–water partition coefficient (Wildman–Crippen LogP) is 2.98. The molecule has 0 saturated carbocycles. The third-order valence-corrected chi connectivity index (χ3v) is 4.76. The highest BCUT2D eigenvalue weighted by Gasteiger charge is 2.21. The van der Waals surface area contributed by atoms with Gasteiger partial charge < -0.3 is 9.73 Å². The molecule has 1 aliphatic rings. The Morgan fingerprint density at radius 3 is 3.19 bits per heavy atom. The highest BCUT2D eigenvalue weighted by atomic mass is 32.1. The minimum atomic E-state index is -0.0425. The van der Waals surface area contributed by atoms with Gasteiger partial charge in [-0.1, -0.05) is 6.07 Å². The summed E-state index contributed by atoms with van der Waals surface area (Å²) in [5.41, 5.74) is 0.598. The Bertz CT molecular complexity index is 551. The quantitative estimate of drug-likeness (QED) is 0.923. The number of hydrogen-bond donors (Lipinski definition) is 1. The van der Waals surface area contributed by atoms with Crippen molar-refractivity contribution in [3.05, 3.63) is 46.5 Å². The van der Waals surface area contributed by atoms with Crippen molar-refractivity contribution in [2.45, 2.75) is 19.4 Å². The Hall–Kier alpha value is -1.59. The Balaban J connectivity index is 1.46. The zero-order valence-electron chi connectivity index (χ0n) is 12.0. The van der Waals surface area contributed by atoms with Gasteiger partial charge in [0.25, 0.3) is 5.91 Å². The van der Waals surface area contributed by atoms with E-state index in [1.165, 1.54) is 30.2 Å². The highest BCUT2D eigenvalue weighted by molar-refractivity contribution is 7.09. The van der Waals surface area contributed by atoms with E-state index < -0.39 is 0 Å². The predicted molar refractivity (Wildman–Crippen MR) is 83.4 cm³/mol. The second kappa shape index (κ2) is 6.91. The van der Waals surface area contributed by atoms with Gasteiger partial charge in [-0.2, -0.15) is 0 Å². The van der Waals surface area contributed by atoms with E-state index in [-0.39, 0.29) is 5.91 Å². The maximum atomic E-state index is 11.9. The monoisotopic (exact) mass is 304 g/mol. The first-order valence-electron chi connectivity index (χ1n) is 7.36. The summed E-state index contributed by atoms with van der Waals surface area (Å²) < 4.78 is 4.94. The fourth-order valence-electron chi connectivity index (χ4n) is 2.82. The molecule has 0 bridgehead atoms. The van der Waals surface area contributed by atoms with Crippen molar-refractivity contribution in [2.75, 3.05) is 19.6 Å². The summed E-state index contributed by atoms with van der Waals surface area (Å²) in [6, 6.07) is 5.99. The van der Waals surface area contributed by atoms with E-state index in [9.17, 15) is 4.79 Å². The third-order valence-electron chi connectivity index (χ3n) is 3.90. The van der Waals surface area contributed by atoms with Crippen LogP contribution in [0.5, 0.6) is 0 Å². The minimum absolute atomic E-state index is 0.0425. The Morgan fingerprint density at radius 1 is 1.48 bits per heavy atom. The summed E-state index contributed by atoms with van der Waals surface area (Å²) in [7, 11) is 0. The number of hydrogen-bond acceptors (Lipinski definition) is 4. The summed E-state index contributed by atoms with van der Waals surface area (Å²) >= 11 is 1.81. The van der Waals surface area contributed by atoms with E-state index in [1.807, 2.05) is 11.3 Å². The molecule has 0 radical (unpaired) electrons. The lowest BCUT2D eigenvalue weighted by atomic mass is 9.98. The first-order valence-corrected chi connectivity index (χ1v) is 8.24. The lowest BCUT2D eigenvalue weighted by molar-refractivity contribution is 0.0930. The summed E-state index contributed by atoms with van der Waals surface area (Å²) in [6.45, 7) is 3.99. The normalized spacial score (nSPS) is 19.5. The van der Waals surface area contributed by atoms with Crippen LogP contribution in [0, 0.1) is 5.92 Å². The molecule has 2 aromatic rings. The van der Waals surface area contributed by atoms with Crippen LogP contribution in [0.4, 0.5) is 0 Å². The molecule has 0 aromatic carbocycles. The smallest absolute Gasteiger partial charge is 0.254 e. The number of carbonyl (C=O) groups excluding carboxylic acids is 1. The number of likely N-dealkylation sites (tertiary alicyclic amines) is 1. The molecule has 1 fully saturated rings. The van der Waals surface area contributed by atoms with Crippen molar-refractivity contribution in [1.29, 1.82) is 0 Å². The van der Waals surface area contributed by atoms with Crippen molar-refractivity contribution < 1.29 is 9.21 Å². The van der Waals surface area contributed by atoms with Crippen LogP contribution >= 0.6 is 11.3 Å². The van der Waals surface area contributed by atoms with Crippen LogP contribution in [0.25, 0.3) is 0 Å². The van der Waals surface area contributed by atoms with Gasteiger partial charge in [0.05, 0.1) is 11.8 Å². The van der Waals surface area contributed by atoms with Gasteiger partial charge in [0.1, 0.15) is 6.26 Å². The van der Waals surface area contributed by atoms with Crippen LogP contribution in [0.2, 0.25) is 0 Å². The Kier molecular flexibility index (Phi) is 4.72. The third kappa shape index (κ3) is 3.95. The molecular weight excluding hydrogens is 284 g/mol. The molecule has 1 saturated heterocycles. The fraction of sp³-hybridized carbons (Fsp3) is 0.438. The minimum Gasteiger partial charge on any atom is -0.472 e. The number of rotatable bonds is 5. The maximum absolute atomic E-state index is 11.9. The Labute approximate surface area is 128 Å². The number of furan rings is 1. The lowest BCUT2D eigenvalue weighted by Crippen LogP contribution is -2.40. The number of amides is 1. The maximum Gasteiger partial charge on any atom is 0.254 e. The molecule has 1 amide bonds. The van der Waals surface area contributed by atoms with Crippen molar-refractivity contribution in [2.24, 2.45) is 5.92 Å². The standard InChI is InChI=1S/C16H20N2O2S/c19-16(14-5-7-20-12-14)17-9-13-3-1-6-18(10-13)11-15-4-2-8-21-15/h2,4-5,7-8,12-13H,1,3,6,9-11H2,(H,17,19). The molecule has 3 heterocycles. The number of nitrogens with one attached hydrogen (secondary N) is 1. The van der Waals surface area contributed by atoms with E-state index in [0.29, 0.717) is 11.5 Å². The summed E-state index contributed by atoms with van der Waals surface area (Å²) in [6.07, 6.45) is 5.40. The fourth-order valence-corrected chi connectivity index (χ4v) is 3.56. The van der Waals surface area contributed by atoms with E-state index in [0.717, 1.165) is 26.2 Å². The van der Waals surface area contributed by atoms with E-state index in [1.54, 1.807) is 6.07 Å². The van der Waals surface area contributed by atoms with Gasteiger partial charge in [0.2, 0.25) is 0 Å². The van der Waals surface area contributed by atoms with E-state index >= 15 is 0 Å². The van der Waals surface area contributed by atoms with Crippen molar-refractivity contribution >= 4 is 17.2 Å². The molecule has 1 unspecified atom stereocenters. The first kappa shape index (κ1) is 14.4. The average Bonchev–Trinajstić information content (AvgIpc) is 3.18. The second-order valence-electron chi connectivity index (χ2n) is 5.54. The van der Waals surface area contributed by atoms with Crippen LogP contribution in [0.1, 0.15) is 28.1 Å². The molecule has 112 valence electrons. The highest BCUT2D eigenvalue weighted by Crippen LogP contribution is 2.20. The SMILES string of the molecule is O=C(NCC1CCCN(Cc2cccs2)C1)c1ccoc1. The molecular formula is C16H20N2O2S. The topological polar surface area (TPSA) is 45.5 Å². The molecule has 0 spiro atoms. The number of carbonyl (C=O) groups is 1. The van der Waals surface area contributed by atoms with Gasteiger partial charge in [-0.15, -0.1) is 11.3 Å². The molecule has 0 aliphatic carbocycles. The van der Waals surface area contributed by atoms with Crippen LogP contribution < -0.4 is 5.32 Å². The van der Waals surface area contributed by atoms with Crippen molar-refractivity contribution in [3.8, 4) is 0 Å². The summed E-state index contributed by atoms with van der Waals surface area (Å²) in [5, 5.41) is 5.14. The van der Waals surface area contributed by atoms with Gasteiger partial charge in [0.15, 0.2) is 0 Å². The molecule has 1 aliphatic heterocycles. The number of piperidine rings is 1. The van der Waals surface area contributed by atoms with Gasteiger partial charge in [-0.25, -0.2) is 0 Å². The zero-order valence-corrected chi connectivity index (χ0v) is 12.8. The van der Waals surface area contributed by atoms with E-state index in [4.69, 9.17) is 4.42 Å². The molecule has 1 N–H and O–H groups in total. The summed E-state index contributed by atoms with van der Waals surface area (Å²) in [5.74, 6) is 0.494. The molecule has 3 rings (SSSR count). The largest absolute Gasteiger partial charge is 0.472 e. The van der Waals surface area contributed by atoms with Crippen LogP contribution in [0.3, 0.4) is 0 Å². The van der Waals surface area contributed by atoms with Crippen LogP contribution in [-0.4, -0.2) is 30.4 Å². The van der Waals surface area contributed by atoms with Crippen LogP contribution in [-0.2, 0) is 6.54 Å².